The van der Waals surface area contributed by atoms with Crippen molar-refractivity contribution in [2.75, 3.05) is 18.6 Å². The van der Waals surface area contributed by atoms with Gasteiger partial charge in [-0.25, -0.2) is 9.78 Å². The molecule has 1 fully saturated rings. The van der Waals surface area contributed by atoms with Crippen molar-refractivity contribution >= 4 is 11.8 Å². The summed E-state index contributed by atoms with van der Waals surface area (Å²) in [5.74, 6) is 0.298. The van der Waals surface area contributed by atoms with Gasteiger partial charge >= 0.3 is 5.97 Å². The van der Waals surface area contributed by atoms with Crippen LogP contribution in [0.3, 0.4) is 0 Å². The van der Waals surface area contributed by atoms with Gasteiger partial charge in [0.25, 0.3) is 0 Å². The molecule has 1 aliphatic rings. The van der Waals surface area contributed by atoms with Gasteiger partial charge in [0.1, 0.15) is 5.82 Å². The number of nitrogens with zero attached hydrogens (tertiary/aromatic N) is 3. The molecule has 0 amide bonds. The van der Waals surface area contributed by atoms with Crippen LogP contribution in [0.4, 0.5) is 5.82 Å². The third kappa shape index (κ3) is 2.23. The summed E-state index contributed by atoms with van der Waals surface area (Å²) in [6, 6.07) is 0. The first-order valence-corrected chi connectivity index (χ1v) is 5.72. The quantitative estimate of drug-likeness (QED) is 0.729. The number of esters is 1. The third-order valence-electron chi connectivity index (χ3n) is 3.19. The Kier molecular flexibility index (Phi) is 3.00. The summed E-state index contributed by atoms with van der Waals surface area (Å²) in [7, 11) is 1.34. The standard InChI is InChI=1S/C12H17N3O2/c1-12(2)5-4-6-15(12)10-8-13-7-9(14-10)11(16)17-3/h7-8H,4-6H2,1-3H3. The number of ether oxygens (including phenoxy) is 1. The largest absolute Gasteiger partial charge is 0.464 e. The molecule has 1 aliphatic heterocycles. The Bertz CT molecular complexity index is 432. The average molecular weight is 235 g/mol. The van der Waals surface area contributed by atoms with Crippen molar-refractivity contribution in [2.45, 2.75) is 32.2 Å². The van der Waals surface area contributed by atoms with Crippen LogP contribution in [0.25, 0.3) is 0 Å². The molecule has 0 spiro atoms. The van der Waals surface area contributed by atoms with E-state index in [0.29, 0.717) is 0 Å². The van der Waals surface area contributed by atoms with Gasteiger partial charge in [-0.05, 0) is 26.7 Å². The molecule has 0 aromatic carbocycles. The molecule has 0 unspecified atom stereocenters. The van der Waals surface area contributed by atoms with E-state index < -0.39 is 5.97 Å². The van der Waals surface area contributed by atoms with Gasteiger partial charge in [-0.3, -0.25) is 4.98 Å². The number of methoxy groups -OCH3 is 1. The Hall–Kier alpha value is -1.65. The minimum absolute atomic E-state index is 0.0728. The fourth-order valence-electron chi connectivity index (χ4n) is 2.22. The van der Waals surface area contributed by atoms with Gasteiger partial charge in [-0.1, -0.05) is 0 Å². The Morgan fingerprint density at radius 1 is 1.47 bits per heavy atom. The minimum atomic E-state index is -0.448. The number of hydrogen-bond donors (Lipinski definition) is 0. The van der Waals surface area contributed by atoms with E-state index in [-0.39, 0.29) is 11.2 Å². The third-order valence-corrected chi connectivity index (χ3v) is 3.19. The summed E-state index contributed by atoms with van der Waals surface area (Å²) < 4.78 is 4.65. The van der Waals surface area contributed by atoms with Crippen LogP contribution in [-0.4, -0.2) is 35.1 Å². The molecule has 5 nitrogen and oxygen atoms in total. The molecular weight excluding hydrogens is 218 g/mol. The Labute approximate surface area is 101 Å². The summed E-state index contributed by atoms with van der Waals surface area (Å²) in [5.41, 5.74) is 0.330. The molecule has 2 heterocycles. The Balaban J connectivity index is 2.30. The van der Waals surface area contributed by atoms with Gasteiger partial charge in [0.15, 0.2) is 5.69 Å². The molecule has 0 radical (unpaired) electrons. The monoisotopic (exact) mass is 235 g/mol. The first kappa shape index (κ1) is 11.8. The fraction of sp³-hybridized carbons (Fsp3) is 0.583. The van der Waals surface area contributed by atoms with E-state index in [1.54, 1.807) is 6.20 Å². The zero-order valence-corrected chi connectivity index (χ0v) is 10.4. The Morgan fingerprint density at radius 3 is 2.82 bits per heavy atom. The number of rotatable bonds is 2. The van der Waals surface area contributed by atoms with Crippen molar-refractivity contribution in [1.29, 1.82) is 0 Å². The summed E-state index contributed by atoms with van der Waals surface area (Å²) in [6.07, 6.45) is 5.38. The highest BCUT2D eigenvalue weighted by atomic mass is 16.5. The Morgan fingerprint density at radius 2 is 2.24 bits per heavy atom. The predicted molar refractivity (Wildman–Crippen MR) is 64.0 cm³/mol. The normalized spacial score (nSPS) is 18.2. The minimum Gasteiger partial charge on any atom is -0.464 e. The van der Waals surface area contributed by atoms with Gasteiger partial charge in [0.05, 0.1) is 19.5 Å². The maximum Gasteiger partial charge on any atom is 0.358 e. The van der Waals surface area contributed by atoms with Crippen molar-refractivity contribution in [2.24, 2.45) is 0 Å². The zero-order chi connectivity index (χ0) is 12.5. The van der Waals surface area contributed by atoms with E-state index in [9.17, 15) is 4.79 Å². The van der Waals surface area contributed by atoms with Crippen molar-refractivity contribution < 1.29 is 9.53 Å². The van der Waals surface area contributed by atoms with E-state index in [0.717, 1.165) is 25.2 Å². The molecule has 0 bridgehead atoms. The van der Waals surface area contributed by atoms with Crippen molar-refractivity contribution in [1.82, 2.24) is 9.97 Å². The van der Waals surface area contributed by atoms with Crippen molar-refractivity contribution in [3.05, 3.63) is 18.1 Å². The van der Waals surface area contributed by atoms with Crippen LogP contribution in [-0.2, 0) is 4.74 Å². The lowest BCUT2D eigenvalue weighted by molar-refractivity contribution is 0.0593. The second-order valence-corrected chi connectivity index (χ2v) is 4.82. The summed E-state index contributed by atoms with van der Waals surface area (Å²) in [4.78, 5) is 22.0. The lowest BCUT2D eigenvalue weighted by Crippen LogP contribution is -2.39. The van der Waals surface area contributed by atoms with E-state index in [1.165, 1.54) is 13.3 Å². The smallest absolute Gasteiger partial charge is 0.358 e. The number of hydrogen-bond acceptors (Lipinski definition) is 5. The maximum atomic E-state index is 11.4. The lowest BCUT2D eigenvalue weighted by atomic mass is 10.0. The molecule has 92 valence electrons. The number of aromatic nitrogens is 2. The van der Waals surface area contributed by atoms with E-state index in [2.05, 4.69) is 33.5 Å². The zero-order valence-electron chi connectivity index (χ0n) is 10.4. The average Bonchev–Trinajstić information content (AvgIpc) is 2.68. The molecule has 1 aromatic rings. The van der Waals surface area contributed by atoms with Crippen molar-refractivity contribution in [3.63, 3.8) is 0 Å². The molecule has 0 N–H and O–H groups in total. The first-order valence-electron chi connectivity index (χ1n) is 5.72. The summed E-state index contributed by atoms with van der Waals surface area (Å²) in [6.45, 7) is 5.30. The molecule has 17 heavy (non-hydrogen) atoms. The van der Waals surface area contributed by atoms with Crippen LogP contribution < -0.4 is 4.90 Å². The summed E-state index contributed by atoms with van der Waals surface area (Å²) >= 11 is 0. The molecule has 0 atom stereocenters. The molecule has 1 aromatic heterocycles. The molecule has 0 saturated carbocycles. The highest BCUT2D eigenvalue weighted by Gasteiger charge is 2.33. The van der Waals surface area contributed by atoms with Crippen LogP contribution in [0, 0.1) is 0 Å². The molecule has 1 saturated heterocycles. The van der Waals surface area contributed by atoms with Crippen LogP contribution in [0.5, 0.6) is 0 Å². The van der Waals surface area contributed by atoms with Gasteiger partial charge in [-0.15, -0.1) is 0 Å². The van der Waals surface area contributed by atoms with Gasteiger partial charge < -0.3 is 9.64 Å². The number of anilines is 1. The van der Waals surface area contributed by atoms with Crippen molar-refractivity contribution in [3.8, 4) is 0 Å². The second-order valence-electron chi connectivity index (χ2n) is 4.82. The molecular formula is C12H17N3O2. The van der Waals surface area contributed by atoms with Crippen LogP contribution in [0.1, 0.15) is 37.2 Å². The topological polar surface area (TPSA) is 55.3 Å². The predicted octanol–water partition coefficient (Wildman–Crippen LogP) is 1.64. The number of carbonyl (C=O) groups excluding carboxylic acids is 1. The highest BCUT2D eigenvalue weighted by Crippen LogP contribution is 2.31. The van der Waals surface area contributed by atoms with E-state index in [1.807, 2.05) is 0 Å². The highest BCUT2D eigenvalue weighted by molar-refractivity contribution is 5.87. The van der Waals surface area contributed by atoms with Crippen LogP contribution >= 0.6 is 0 Å². The molecule has 5 heteroatoms. The molecule has 0 aliphatic carbocycles. The van der Waals surface area contributed by atoms with Gasteiger partial charge in [0, 0.05) is 12.1 Å². The number of carbonyl (C=O) groups is 1. The van der Waals surface area contributed by atoms with Crippen LogP contribution in [0.15, 0.2) is 12.4 Å². The van der Waals surface area contributed by atoms with Gasteiger partial charge in [-0.2, -0.15) is 0 Å². The SMILES string of the molecule is COC(=O)c1cncc(N2CCCC2(C)C)n1. The second kappa shape index (κ2) is 4.31. The fourth-order valence-corrected chi connectivity index (χ4v) is 2.22. The first-order chi connectivity index (χ1) is 8.04. The van der Waals surface area contributed by atoms with Gasteiger partial charge in [0.2, 0.25) is 0 Å². The summed E-state index contributed by atoms with van der Waals surface area (Å²) in [5, 5.41) is 0. The van der Waals surface area contributed by atoms with Crippen LogP contribution in [0.2, 0.25) is 0 Å². The van der Waals surface area contributed by atoms with E-state index in [4.69, 9.17) is 0 Å². The maximum absolute atomic E-state index is 11.4. The van der Waals surface area contributed by atoms with E-state index >= 15 is 0 Å². The molecule has 2 rings (SSSR count). The lowest BCUT2D eigenvalue weighted by Gasteiger charge is -2.32.